The zero-order valence-electron chi connectivity index (χ0n) is 22.5. The van der Waals surface area contributed by atoms with E-state index in [1.165, 1.54) is 5.57 Å². The number of hydrogen-bond acceptors (Lipinski definition) is 3. The van der Waals surface area contributed by atoms with Crippen LogP contribution in [0.1, 0.15) is 106 Å². The number of aliphatic carboxylic acids is 1. The Morgan fingerprint density at radius 3 is 2.21 bits per heavy atom. The minimum Gasteiger partial charge on any atom is -0.481 e. The fourth-order valence-corrected chi connectivity index (χ4v) is 10.7. The summed E-state index contributed by atoms with van der Waals surface area (Å²) in [6.07, 6.45) is 9.43. The molecule has 5 rings (SSSR count). The molecule has 2 N–H and O–H groups in total. The van der Waals surface area contributed by atoms with Crippen molar-refractivity contribution in [2.24, 2.45) is 50.2 Å². The number of carboxylic acids is 1. The van der Waals surface area contributed by atoms with Gasteiger partial charge in [0.2, 0.25) is 0 Å². The molecule has 4 fully saturated rings. The number of aliphatic hydroxyl groups excluding tert-OH is 1. The molecule has 0 bridgehead atoms. The molecule has 0 spiro atoms. The van der Waals surface area contributed by atoms with Gasteiger partial charge in [-0.3, -0.25) is 9.59 Å². The fraction of sp³-hybridized carbons (Fsp3) is 0.867. The quantitative estimate of drug-likeness (QED) is 0.434. The highest BCUT2D eigenvalue weighted by atomic mass is 16.4. The van der Waals surface area contributed by atoms with E-state index in [0.29, 0.717) is 24.5 Å². The fourth-order valence-electron chi connectivity index (χ4n) is 10.7. The van der Waals surface area contributed by atoms with Gasteiger partial charge in [-0.1, -0.05) is 60.1 Å². The number of hydrogen-bond donors (Lipinski definition) is 2. The van der Waals surface area contributed by atoms with E-state index in [1.54, 1.807) is 0 Å². The number of carbonyl (C=O) groups is 2. The van der Waals surface area contributed by atoms with Crippen molar-refractivity contribution in [3.63, 3.8) is 0 Å². The predicted molar refractivity (Wildman–Crippen MR) is 133 cm³/mol. The molecule has 0 aromatic carbocycles. The lowest BCUT2D eigenvalue weighted by molar-refractivity contribution is -0.243. The van der Waals surface area contributed by atoms with Crippen LogP contribution in [0.2, 0.25) is 0 Å². The summed E-state index contributed by atoms with van der Waals surface area (Å²) in [4.78, 5) is 25.7. The van der Waals surface area contributed by atoms with E-state index in [2.05, 4.69) is 54.5 Å². The molecule has 4 nitrogen and oxygen atoms in total. The highest BCUT2D eigenvalue weighted by Crippen LogP contribution is 2.76. The van der Waals surface area contributed by atoms with E-state index in [9.17, 15) is 19.8 Å². The van der Waals surface area contributed by atoms with E-state index >= 15 is 0 Å². The molecular weight excluding hydrogens is 424 g/mol. The van der Waals surface area contributed by atoms with Crippen LogP contribution in [0, 0.1) is 50.2 Å². The van der Waals surface area contributed by atoms with Gasteiger partial charge in [0.1, 0.15) is 5.78 Å². The van der Waals surface area contributed by atoms with E-state index in [4.69, 9.17) is 0 Å². The van der Waals surface area contributed by atoms with Crippen molar-refractivity contribution < 1.29 is 19.8 Å². The summed E-state index contributed by atoms with van der Waals surface area (Å²) in [6, 6.07) is 0. The zero-order valence-corrected chi connectivity index (χ0v) is 22.5. The first-order valence-corrected chi connectivity index (χ1v) is 13.7. The lowest BCUT2D eigenvalue weighted by Gasteiger charge is -2.72. The van der Waals surface area contributed by atoms with Crippen LogP contribution in [0.25, 0.3) is 0 Å². The summed E-state index contributed by atoms with van der Waals surface area (Å²) >= 11 is 0. The molecule has 4 heteroatoms. The highest BCUT2D eigenvalue weighted by molar-refractivity contribution is 5.85. The molecule has 0 saturated heterocycles. The first-order chi connectivity index (χ1) is 15.6. The lowest BCUT2D eigenvalue weighted by Crippen LogP contribution is -2.69. The lowest BCUT2D eigenvalue weighted by atomic mass is 9.32. The largest absolute Gasteiger partial charge is 0.481 e. The Morgan fingerprint density at radius 2 is 1.56 bits per heavy atom. The van der Waals surface area contributed by atoms with E-state index in [1.807, 2.05) is 0 Å². The van der Waals surface area contributed by atoms with Gasteiger partial charge in [-0.2, -0.15) is 0 Å². The van der Waals surface area contributed by atoms with Gasteiger partial charge in [-0.25, -0.2) is 0 Å². The summed E-state index contributed by atoms with van der Waals surface area (Å²) in [5.41, 5.74) is -0.168. The predicted octanol–water partition coefficient (Wildman–Crippen LogP) is 6.41. The normalized spacial score (nSPS) is 51.3. The Bertz CT molecular complexity index is 961. The van der Waals surface area contributed by atoms with E-state index < -0.39 is 22.9 Å². The number of carboxylic acid groups (broad SMARTS) is 1. The third-order valence-electron chi connectivity index (χ3n) is 12.6. The average molecular weight is 471 g/mol. The highest BCUT2D eigenvalue weighted by Gasteiger charge is 2.71. The molecule has 4 saturated carbocycles. The van der Waals surface area contributed by atoms with Crippen LogP contribution in [-0.2, 0) is 9.59 Å². The van der Waals surface area contributed by atoms with Gasteiger partial charge in [-0.05, 0) is 84.9 Å². The summed E-state index contributed by atoms with van der Waals surface area (Å²) in [5.74, 6) is 0.358. The molecule has 0 amide bonds. The third-order valence-corrected chi connectivity index (χ3v) is 12.6. The molecule has 0 radical (unpaired) electrons. The molecule has 5 aliphatic rings. The van der Waals surface area contributed by atoms with Crippen LogP contribution >= 0.6 is 0 Å². The van der Waals surface area contributed by atoms with Crippen LogP contribution in [-0.4, -0.2) is 28.1 Å². The van der Waals surface area contributed by atoms with Crippen molar-refractivity contribution in [2.75, 3.05) is 0 Å². The van der Waals surface area contributed by atoms with Crippen molar-refractivity contribution in [3.8, 4) is 0 Å². The molecule has 0 aromatic rings. The monoisotopic (exact) mass is 470 g/mol. The Labute approximate surface area is 206 Å². The van der Waals surface area contributed by atoms with Crippen LogP contribution < -0.4 is 0 Å². The minimum absolute atomic E-state index is 0.00555. The number of ketones is 1. The molecule has 0 aromatic heterocycles. The molecule has 34 heavy (non-hydrogen) atoms. The molecular formula is C30H46O4. The molecule has 1 unspecified atom stereocenters. The molecule has 5 aliphatic carbocycles. The van der Waals surface area contributed by atoms with Crippen molar-refractivity contribution >= 4 is 11.8 Å². The topological polar surface area (TPSA) is 74.6 Å². The molecule has 0 heterocycles. The summed E-state index contributed by atoms with van der Waals surface area (Å²) in [7, 11) is 0. The van der Waals surface area contributed by atoms with Gasteiger partial charge in [0.15, 0.2) is 0 Å². The van der Waals surface area contributed by atoms with E-state index in [-0.39, 0.29) is 33.5 Å². The summed E-state index contributed by atoms with van der Waals surface area (Å²) in [6.45, 7) is 15.8. The van der Waals surface area contributed by atoms with Gasteiger partial charge < -0.3 is 10.2 Å². The third kappa shape index (κ3) is 2.81. The second-order valence-corrected chi connectivity index (χ2v) is 14.9. The van der Waals surface area contributed by atoms with Crippen LogP contribution in [0.15, 0.2) is 11.6 Å². The molecule has 8 atom stereocenters. The van der Waals surface area contributed by atoms with Gasteiger partial charge >= 0.3 is 5.97 Å². The van der Waals surface area contributed by atoms with Crippen LogP contribution in [0.4, 0.5) is 0 Å². The number of Topliss-reactive ketones (excluding diaryl/α,β-unsaturated/α-hetero) is 1. The van der Waals surface area contributed by atoms with Crippen molar-refractivity contribution in [3.05, 3.63) is 11.6 Å². The second kappa shape index (κ2) is 6.99. The Hall–Kier alpha value is -1.16. The smallest absolute Gasteiger partial charge is 0.313 e. The van der Waals surface area contributed by atoms with Crippen LogP contribution in [0.3, 0.4) is 0 Å². The maximum absolute atomic E-state index is 12.9. The van der Waals surface area contributed by atoms with Gasteiger partial charge in [0, 0.05) is 17.8 Å². The molecule has 190 valence electrons. The van der Waals surface area contributed by atoms with Gasteiger partial charge in [0.05, 0.1) is 11.5 Å². The summed E-state index contributed by atoms with van der Waals surface area (Å²) in [5, 5.41) is 22.2. The second-order valence-electron chi connectivity index (χ2n) is 14.9. The number of aliphatic hydroxyl groups is 1. The van der Waals surface area contributed by atoms with Crippen molar-refractivity contribution in [2.45, 2.75) is 112 Å². The number of allylic oxidation sites excluding steroid dienone is 1. The maximum atomic E-state index is 12.9. The molecule has 0 aliphatic heterocycles. The number of rotatable bonds is 1. The maximum Gasteiger partial charge on any atom is 0.313 e. The Kier molecular flexibility index (Phi) is 5.04. The SMILES string of the molecule is CC1(C)C=C2[C@H]3CC[C@@H]4[C@@]5(C)CCC(=O)C(C)(C)C5[C@H](O)C[C@@]4(C)[C@]3(C)CC[C@@]2(C(=O)O)CC1. The van der Waals surface area contributed by atoms with Crippen molar-refractivity contribution in [1.82, 2.24) is 0 Å². The van der Waals surface area contributed by atoms with Crippen molar-refractivity contribution in [1.29, 1.82) is 0 Å². The number of carbonyl (C=O) groups excluding carboxylic acids is 1. The standard InChI is InChI=1S/C30H46O4/c1-25(2)12-14-30(24(33)34)15-13-28(6)18(19(30)16-25)8-9-21-27(5)11-10-22(32)26(3,4)23(27)20(31)17-29(21,28)7/h16,18,20-21,23,31H,8-15,17H2,1-7H3,(H,33,34)/t18-,20-,21-,23?,27-,28-,29-,30+/m1/s1. The minimum atomic E-state index is -0.706. The summed E-state index contributed by atoms with van der Waals surface area (Å²) < 4.78 is 0. The first-order valence-electron chi connectivity index (χ1n) is 13.7. The van der Waals surface area contributed by atoms with E-state index in [0.717, 1.165) is 44.9 Å². The first kappa shape index (κ1) is 24.5. The Morgan fingerprint density at radius 1 is 0.912 bits per heavy atom. The Balaban J connectivity index is 1.62. The van der Waals surface area contributed by atoms with Gasteiger partial charge in [-0.15, -0.1) is 0 Å². The zero-order chi connectivity index (χ0) is 25.1. The van der Waals surface area contributed by atoms with Crippen LogP contribution in [0.5, 0.6) is 0 Å². The average Bonchev–Trinajstić information content (AvgIpc) is 2.70. The number of fused-ring (bicyclic) bond motifs is 7. The van der Waals surface area contributed by atoms with Gasteiger partial charge in [0.25, 0.3) is 0 Å².